The minimum absolute atomic E-state index is 0.696. The van der Waals surface area contributed by atoms with Crippen LogP contribution in [-0.4, -0.2) is 24.6 Å². The molecule has 0 fully saturated rings. The summed E-state index contributed by atoms with van der Waals surface area (Å²) in [4.78, 5) is 14.7. The molecule has 4 aromatic heterocycles. The average Bonchev–Trinajstić information content (AvgIpc) is 3.50. The Hall–Kier alpha value is -5.68. The van der Waals surface area contributed by atoms with Gasteiger partial charge in [0, 0.05) is 34.3 Å². The van der Waals surface area contributed by atoms with Gasteiger partial charge in [0.2, 0.25) is 0 Å². The predicted molar refractivity (Wildman–Crippen MR) is 165 cm³/mol. The van der Waals surface area contributed by atoms with Crippen LogP contribution in [0.25, 0.3) is 72.4 Å². The zero-order chi connectivity index (χ0) is 27.2. The molecule has 0 spiro atoms. The summed E-state index contributed by atoms with van der Waals surface area (Å²) in [6.07, 6.45) is 3.80. The zero-order valence-electron chi connectivity index (χ0n) is 22.0. The molecule has 0 unspecified atom stereocenters. The van der Waals surface area contributed by atoms with Gasteiger partial charge in [0.05, 0.1) is 16.9 Å². The van der Waals surface area contributed by atoms with Crippen molar-refractivity contribution < 1.29 is 0 Å². The minimum atomic E-state index is 0.696. The molecular weight excluding hydrogens is 502 g/mol. The van der Waals surface area contributed by atoms with Crippen LogP contribution in [0, 0.1) is 0 Å². The van der Waals surface area contributed by atoms with Gasteiger partial charge in [-0.25, -0.2) is 14.5 Å². The molecule has 0 amide bonds. The van der Waals surface area contributed by atoms with Gasteiger partial charge in [0.15, 0.2) is 11.5 Å². The van der Waals surface area contributed by atoms with E-state index < -0.39 is 0 Å². The first kappa shape index (κ1) is 23.2. The van der Waals surface area contributed by atoms with Crippen molar-refractivity contribution in [2.24, 2.45) is 0 Å². The fourth-order valence-electron chi connectivity index (χ4n) is 5.52. The first-order chi connectivity index (χ1) is 20.3. The molecule has 0 aliphatic heterocycles. The Morgan fingerprint density at radius 3 is 2.10 bits per heavy atom. The third-order valence-electron chi connectivity index (χ3n) is 7.53. The molecule has 0 aliphatic carbocycles. The molecule has 0 N–H and O–H groups in total. The van der Waals surface area contributed by atoms with Gasteiger partial charge >= 0.3 is 0 Å². The van der Waals surface area contributed by atoms with Crippen molar-refractivity contribution >= 4 is 27.3 Å². The molecule has 0 bridgehead atoms. The maximum Gasteiger partial charge on any atom is 0.182 e. The van der Waals surface area contributed by atoms with Gasteiger partial charge in [-0.3, -0.25) is 4.98 Å². The first-order valence-electron chi connectivity index (χ1n) is 13.6. The summed E-state index contributed by atoms with van der Waals surface area (Å²) in [5.74, 6) is 0.696. The smallest absolute Gasteiger partial charge is 0.182 e. The number of hydrogen-bond donors (Lipinski definition) is 0. The summed E-state index contributed by atoms with van der Waals surface area (Å²) in [6.45, 7) is 0. The molecule has 0 aliphatic rings. The second-order valence-corrected chi connectivity index (χ2v) is 10.0. The lowest BCUT2D eigenvalue weighted by Gasteiger charge is -2.10. The van der Waals surface area contributed by atoms with Gasteiger partial charge in [-0.1, -0.05) is 97.1 Å². The highest BCUT2D eigenvalue weighted by Crippen LogP contribution is 2.33. The van der Waals surface area contributed by atoms with E-state index in [-0.39, 0.29) is 0 Å². The Bertz CT molecular complexity index is 2200. The average molecular weight is 526 g/mol. The minimum Gasteiger partial charge on any atom is -0.255 e. The molecule has 192 valence electrons. The maximum atomic E-state index is 5.03. The van der Waals surface area contributed by atoms with Crippen molar-refractivity contribution in [3.05, 3.63) is 140 Å². The molecule has 5 heteroatoms. The number of para-hydroxylation sites is 1. The Labute approximate surface area is 236 Å². The number of nitrogens with zero attached hydrogens (tertiary/aromatic N) is 5. The summed E-state index contributed by atoms with van der Waals surface area (Å²) in [5, 5.41) is 8.19. The normalized spacial score (nSPS) is 11.4. The fraction of sp³-hybridized carbons (Fsp3) is 0. The number of pyridine rings is 3. The van der Waals surface area contributed by atoms with E-state index >= 15 is 0 Å². The van der Waals surface area contributed by atoms with E-state index in [4.69, 9.17) is 20.1 Å². The van der Waals surface area contributed by atoms with Gasteiger partial charge < -0.3 is 0 Å². The Morgan fingerprint density at radius 2 is 1.24 bits per heavy atom. The molecule has 0 saturated heterocycles. The highest BCUT2D eigenvalue weighted by Gasteiger charge is 2.14. The van der Waals surface area contributed by atoms with Gasteiger partial charge in [0.1, 0.15) is 0 Å². The molecule has 8 aromatic rings. The van der Waals surface area contributed by atoms with Gasteiger partial charge in [-0.2, -0.15) is 0 Å². The SMILES string of the molecule is c1ccc(-c2cccn3nc(-c4ccc(-c5ccnc(-c6nc7ccccc7c7ccccc67)c5)cc4)nc23)cc1. The van der Waals surface area contributed by atoms with Crippen molar-refractivity contribution in [3.8, 4) is 45.0 Å². The molecule has 8 rings (SSSR count). The van der Waals surface area contributed by atoms with Crippen molar-refractivity contribution in [3.63, 3.8) is 0 Å². The number of fused-ring (bicyclic) bond motifs is 4. The Morgan fingerprint density at radius 1 is 0.512 bits per heavy atom. The lowest BCUT2D eigenvalue weighted by atomic mass is 10.00. The predicted octanol–water partition coefficient (Wildman–Crippen LogP) is 8.49. The third kappa shape index (κ3) is 4.03. The van der Waals surface area contributed by atoms with Crippen molar-refractivity contribution in [1.82, 2.24) is 24.6 Å². The van der Waals surface area contributed by atoms with E-state index in [9.17, 15) is 0 Å². The van der Waals surface area contributed by atoms with Crippen molar-refractivity contribution in [1.29, 1.82) is 0 Å². The third-order valence-corrected chi connectivity index (χ3v) is 7.53. The molecular formula is C36H23N5. The van der Waals surface area contributed by atoms with Gasteiger partial charge in [-0.05, 0) is 52.4 Å². The molecule has 4 aromatic carbocycles. The van der Waals surface area contributed by atoms with Crippen LogP contribution in [0.4, 0.5) is 0 Å². The summed E-state index contributed by atoms with van der Waals surface area (Å²) in [7, 11) is 0. The van der Waals surface area contributed by atoms with Crippen molar-refractivity contribution in [2.75, 3.05) is 0 Å². The van der Waals surface area contributed by atoms with Crippen molar-refractivity contribution in [2.45, 2.75) is 0 Å². The fourth-order valence-corrected chi connectivity index (χ4v) is 5.52. The second kappa shape index (κ2) is 9.50. The molecule has 41 heavy (non-hydrogen) atoms. The van der Waals surface area contributed by atoms with Crippen LogP contribution in [0.2, 0.25) is 0 Å². The van der Waals surface area contributed by atoms with Gasteiger partial charge in [-0.15, -0.1) is 5.10 Å². The van der Waals surface area contributed by atoms with Crippen LogP contribution in [-0.2, 0) is 0 Å². The van der Waals surface area contributed by atoms with Crippen LogP contribution in [0.1, 0.15) is 0 Å². The number of hydrogen-bond acceptors (Lipinski definition) is 4. The number of rotatable bonds is 4. The topological polar surface area (TPSA) is 56.0 Å². The van der Waals surface area contributed by atoms with Gasteiger partial charge in [0.25, 0.3) is 0 Å². The van der Waals surface area contributed by atoms with E-state index in [1.165, 1.54) is 5.39 Å². The summed E-state index contributed by atoms with van der Waals surface area (Å²) in [5.41, 5.74) is 8.86. The monoisotopic (exact) mass is 525 g/mol. The lowest BCUT2D eigenvalue weighted by molar-refractivity contribution is 0.967. The Kier molecular flexibility index (Phi) is 5.38. The first-order valence-corrected chi connectivity index (χ1v) is 13.6. The number of benzene rings is 4. The van der Waals surface area contributed by atoms with E-state index in [0.29, 0.717) is 5.82 Å². The van der Waals surface area contributed by atoms with Crippen LogP contribution in [0.3, 0.4) is 0 Å². The second-order valence-electron chi connectivity index (χ2n) is 10.0. The molecule has 0 saturated carbocycles. The Balaban J connectivity index is 1.17. The van der Waals surface area contributed by atoms with E-state index in [2.05, 4.69) is 91.0 Å². The molecule has 0 atom stereocenters. The quantitative estimate of drug-likeness (QED) is 0.216. The summed E-state index contributed by atoms with van der Waals surface area (Å²) in [6, 6.07) is 43.6. The number of aromatic nitrogens is 5. The van der Waals surface area contributed by atoms with E-state index in [1.807, 2.05) is 53.3 Å². The molecule has 0 radical (unpaired) electrons. The summed E-state index contributed by atoms with van der Waals surface area (Å²) >= 11 is 0. The van der Waals surface area contributed by atoms with Crippen LogP contribution in [0.15, 0.2) is 140 Å². The van der Waals surface area contributed by atoms with Crippen LogP contribution in [0.5, 0.6) is 0 Å². The molecule has 4 heterocycles. The highest BCUT2D eigenvalue weighted by atomic mass is 15.3. The lowest BCUT2D eigenvalue weighted by Crippen LogP contribution is -1.92. The van der Waals surface area contributed by atoms with E-state index in [0.717, 1.165) is 61.1 Å². The maximum absolute atomic E-state index is 5.03. The van der Waals surface area contributed by atoms with Crippen LogP contribution >= 0.6 is 0 Å². The van der Waals surface area contributed by atoms with Crippen LogP contribution < -0.4 is 0 Å². The zero-order valence-corrected chi connectivity index (χ0v) is 22.0. The van der Waals surface area contributed by atoms with E-state index in [1.54, 1.807) is 0 Å². The summed E-state index contributed by atoms with van der Waals surface area (Å²) < 4.78 is 1.85. The molecule has 5 nitrogen and oxygen atoms in total. The standard InChI is InChI=1S/C36H23N5/c1-2-9-25(10-3-1)28-14-8-22-41-36(28)39-35(40-41)26-18-16-24(17-19-26)27-20-21-37-33(23-27)34-31-13-5-4-11-29(31)30-12-6-7-15-32(30)38-34/h1-23H. The largest absolute Gasteiger partial charge is 0.255 e. The highest BCUT2D eigenvalue weighted by molar-refractivity contribution is 6.10.